The lowest BCUT2D eigenvalue weighted by atomic mass is 9.98. The van der Waals surface area contributed by atoms with E-state index in [-0.39, 0.29) is 30.3 Å². The predicted octanol–water partition coefficient (Wildman–Crippen LogP) is 4.54. The van der Waals surface area contributed by atoms with E-state index >= 15 is 0 Å². The molecule has 4 rings (SSSR count). The third-order valence-corrected chi connectivity index (χ3v) is 7.93. The SMILES string of the molecule is O=C(O)CCNC(=S)N1CCC(c2nc(C(=O)Nc3cc(C(F)(F)F)ccc3N3CCCC3)cs2)CC1. The minimum absolute atomic E-state index is 0.0133. The molecule has 0 unspecified atom stereocenters. The first kappa shape index (κ1) is 27.1. The van der Waals surface area contributed by atoms with E-state index in [1.54, 1.807) is 5.38 Å². The number of rotatable bonds is 7. The van der Waals surface area contributed by atoms with Crippen LogP contribution in [-0.2, 0) is 11.0 Å². The van der Waals surface area contributed by atoms with Gasteiger partial charge < -0.3 is 25.5 Å². The molecule has 1 aromatic carbocycles. The van der Waals surface area contributed by atoms with Crippen LogP contribution in [0.2, 0.25) is 0 Å². The van der Waals surface area contributed by atoms with Crippen LogP contribution in [0.1, 0.15) is 59.1 Å². The van der Waals surface area contributed by atoms with Crippen LogP contribution in [-0.4, -0.2) is 64.7 Å². The molecule has 1 amide bonds. The summed E-state index contributed by atoms with van der Waals surface area (Å²) < 4.78 is 40.0. The first-order valence-electron chi connectivity index (χ1n) is 12.1. The normalized spacial score (nSPS) is 16.6. The van der Waals surface area contributed by atoms with Gasteiger partial charge in [0.25, 0.3) is 5.91 Å². The molecule has 2 aliphatic heterocycles. The Labute approximate surface area is 221 Å². The third-order valence-electron chi connectivity index (χ3n) is 6.52. The molecule has 3 N–H and O–H groups in total. The van der Waals surface area contributed by atoms with Crippen molar-refractivity contribution in [2.75, 3.05) is 42.9 Å². The van der Waals surface area contributed by atoms with E-state index in [0.29, 0.717) is 23.9 Å². The van der Waals surface area contributed by atoms with E-state index in [1.165, 1.54) is 17.4 Å². The summed E-state index contributed by atoms with van der Waals surface area (Å²) >= 11 is 6.71. The number of likely N-dealkylation sites (tertiary alicyclic amines) is 1. The Bertz CT molecular complexity index is 1140. The molecule has 13 heteroatoms. The van der Waals surface area contributed by atoms with Crippen molar-refractivity contribution in [3.05, 3.63) is 39.8 Å². The van der Waals surface area contributed by atoms with Crippen molar-refractivity contribution >= 4 is 51.9 Å². The largest absolute Gasteiger partial charge is 0.481 e. The predicted molar refractivity (Wildman–Crippen MR) is 139 cm³/mol. The van der Waals surface area contributed by atoms with Gasteiger partial charge in [0.15, 0.2) is 5.11 Å². The lowest BCUT2D eigenvalue weighted by molar-refractivity contribution is -0.138. The number of amides is 1. The highest BCUT2D eigenvalue weighted by molar-refractivity contribution is 7.80. The molecule has 2 aromatic rings. The van der Waals surface area contributed by atoms with Crippen LogP contribution >= 0.6 is 23.6 Å². The third kappa shape index (κ3) is 6.89. The number of hydrogen-bond acceptors (Lipinski definition) is 6. The summed E-state index contributed by atoms with van der Waals surface area (Å²) in [5.41, 5.74) is 0.0769. The summed E-state index contributed by atoms with van der Waals surface area (Å²) in [5, 5.41) is 17.3. The molecular weight excluding hydrogens is 527 g/mol. The van der Waals surface area contributed by atoms with Gasteiger partial charge in [-0.25, -0.2) is 4.98 Å². The van der Waals surface area contributed by atoms with Gasteiger partial charge in [0.1, 0.15) is 5.69 Å². The number of carbonyl (C=O) groups excluding carboxylic acids is 1. The molecular formula is C24H28F3N5O3S2. The average molecular weight is 556 g/mol. The van der Waals surface area contributed by atoms with Crippen LogP contribution < -0.4 is 15.5 Å². The van der Waals surface area contributed by atoms with Crippen LogP contribution in [0.5, 0.6) is 0 Å². The zero-order chi connectivity index (χ0) is 26.6. The van der Waals surface area contributed by atoms with Gasteiger partial charge in [-0.15, -0.1) is 11.3 Å². The van der Waals surface area contributed by atoms with E-state index in [0.717, 1.165) is 55.9 Å². The molecule has 0 radical (unpaired) electrons. The lowest BCUT2D eigenvalue weighted by Crippen LogP contribution is -2.44. The average Bonchev–Trinajstić information content (AvgIpc) is 3.56. The minimum Gasteiger partial charge on any atom is -0.481 e. The Morgan fingerprint density at radius 1 is 1.16 bits per heavy atom. The van der Waals surface area contributed by atoms with Gasteiger partial charge in [0.05, 0.1) is 28.4 Å². The first-order chi connectivity index (χ1) is 17.6. The van der Waals surface area contributed by atoms with E-state index in [9.17, 15) is 22.8 Å². The summed E-state index contributed by atoms with van der Waals surface area (Å²) in [6, 6.07) is 3.46. The second kappa shape index (κ2) is 11.6. The second-order valence-electron chi connectivity index (χ2n) is 9.09. The number of hydrogen-bond donors (Lipinski definition) is 3. The number of carboxylic acids is 1. The van der Waals surface area contributed by atoms with E-state index < -0.39 is 23.6 Å². The Morgan fingerprint density at radius 2 is 1.86 bits per heavy atom. The maximum absolute atomic E-state index is 13.3. The number of nitrogens with one attached hydrogen (secondary N) is 2. The molecule has 0 aliphatic carbocycles. The number of halogens is 3. The lowest BCUT2D eigenvalue weighted by Gasteiger charge is -2.33. The summed E-state index contributed by atoms with van der Waals surface area (Å²) in [6.45, 7) is 3.07. The number of thiocarbonyl (C=S) groups is 1. The molecule has 8 nitrogen and oxygen atoms in total. The molecule has 0 atom stereocenters. The van der Waals surface area contributed by atoms with Crippen molar-refractivity contribution in [1.82, 2.24) is 15.2 Å². The number of benzene rings is 1. The highest BCUT2D eigenvalue weighted by atomic mass is 32.1. The highest BCUT2D eigenvalue weighted by Gasteiger charge is 2.32. The van der Waals surface area contributed by atoms with Gasteiger partial charge in [0.2, 0.25) is 0 Å². The van der Waals surface area contributed by atoms with Crippen LogP contribution in [0.25, 0.3) is 0 Å². The van der Waals surface area contributed by atoms with Crippen LogP contribution in [0.3, 0.4) is 0 Å². The number of carbonyl (C=O) groups is 2. The van der Waals surface area contributed by atoms with Gasteiger partial charge in [-0.05, 0) is 56.1 Å². The van der Waals surface area contributed by atoms with Gasteiger partial charge >= 0.3 is 12.1 Å². The van der Waals surface area contributed by atoms with Gasteiger partial charge in [-0.1, -0.05) is 0 Å². The Balaban J connectivity index is 1.39. The van der Waals surface area contributed by atoms with Crippen LogP contribution in [0.4, 0.5) is 24.5 Å². The fraction of sp³-hybridized carbons (Fsp3) is 0.500. The monoisotopic (exact) mass is 555 g/mol. The number of thiazole rings is 1. The fourth-order valence-electron chi connectivity index (χ4n) is 4.53. The molecule has 2 fully saturated rings. The molecule has 1 aromatic heterocycles. The van der Waals surface area contributed by atoms with Gasteiger partial charge in [-0.3, -0.25) is 9.59 Å². The quantitative estimate of drug-likeness (QED) is 0.429. The minimum atomic E-state index is -4.51. The van der Waals surface area contributed by atoms with Crippen molar-refractivity contribution in [3.8, 4) is 0 Å². The number of nitrogens with zero attached hydrogens (tertiary/aromatic N) is 3. The molecule has 2 saturated heterocycles. The van der Waals surface area contributed by atoms with Crippen molar-refractivity contribution in [1.29, 1.82) is 0 Å². The van der Waals surface area contributed by atoms with E-state index in [4.69, 9.17) is 17.3 Å². The molecule has 37 heavy (non-hydrogen) atoms. The first-order valence-corrected chi connectivity index (χ1v) is 13.4. The van der Waals surface area contributed by atoms with Crippen LogP contribution in [0.15, 0.2) is 23.6 Å². The van der Waals surface area contributed by atoms with Gasteiger partial charge in [0, 0.05) is 44.0 Å². The Morgan fingerprint density at radius 3 is 2.51 bits per heavy atom. The second-order valence-corrected chi connectivity index (χ2v) is 10.4. The molecule has 0 spiro atoms. The Hall–Kier alpha value is -2.93. The van der Waals surface area contributed by atoms with Crippen LogP contribution in [0, 0.1) is 0 Å². The summed E-state index contributed by atoms with van der Waals surface area (Å²) in [5.74, 6) is -1.29. The maximum Gasteiger partial charge on any atom is 0.416 e. The summed E-state index contributed by atoms with van der Waals surface area (Å²) in [6.07, 6.45) is -1.10. The van der Waals surface area contributed by atoms with E-state index in [1.807, 2.05) is 9.80 Å². The zero-order valence-corrected chi connectivity index (χ0v) is 21.6. The number of aliphatic carboxylic acids is 1. The number of alkyl halides is 3. The summed E-state index contributed by atoms with van der Waals surface area (Å²) in [4.78, 5) is 32.1. The maximum atomic E-state index is 13.3. The molecule has 200 valence electrons. The molecule has 0 saturated carbocycles. The number of aromatic nitrogens is 1. The van der Waals surface area contributed by atoms with Crippen molar-refractivity contribution in [2.24, 2.45) is 0 Å². The number of anilines is 2. The molecule has 3 heterocycles. The fourth-order valence-corrected chi connectivity index (χ4v) is 5.79. The molecule has 0 bridgehead atoms. The van der Waals surface area contributed by atoms with Crippen molar-refractivity contribution in [2.45, 2.75) is 44.2 Å². The topological polar surface area (TPSA) is 97.8 Å². The highest BCUT2D eigenvalue weighted by Crippen LogP contribution is 2.37. The van der Waals surface area contributed by atoms with Crippen molar-refractivity contribution < 1.29 is 27.9 Å². The van der Waals surface area contributed by atoms with Crippen molar-refractivity contribution in [3.63, 3.8) is 0 Å². The molecule has 2 aliphatic rings. The number of carboxylic acid groups (broad SMARTS) is 1. The zero-order valence-electron chi connectivity index (χ0n) is 20.0. The van der Waals surface area contributed by atoms with Gasteiger partial charge in [-0.2, -0.15) is 13.2 Å². The smallest absolute Gasteiger partial charge is 0.416 e. The Kier molecular flexibility index (Phi) is 8.53. The standard InChI is InChI=1S/C24H28F3N5O3S2/c25-24(26,27)16-3-4-19(31-9-1-2-10-31)17(13-16)29-21(35)18-14-37-22(30-18)15-6-11-32(12-7-15)23(36)28-8-5-20(33)34/h3-4,13-15H,1-2,5-12H2,(H,28,36)(H,29,35)(H,33,34). The summed E-state index contributed by atoms with van der Waals surface area (Å²) in [7, 11) is 0. The number of piperidine rings is 1. The van der Waals surface area contributed by atoms with E-state index in [2.05, 4.69) is 15.6 Å².